The average molecular weight is 188 g/mol. The van der Waals surface area contributed by atoms with Crippen LogP contribution in [-0.4, -0.2) is 12.3 Å². The fourth-order valence-corrected chi connectivity index (χ4v) is 0. The van der Waals surface area contributed by atoms with Crippen LogP contribution in [0.1, 0.15) is 0 Å². The molecule has 0 aliphatic heterocycles. The lowest BCUT2D eigenvalue weighted by Gasteiger charge is -1.58. The van der Waals surface area contributed by atoms with Gasteiger partial charge in [0.2, 0.25) is 0 Å². The van der Waals surface area contributed by atoms with Gasteiger partial charge in [-0.3, -0.25) is 9.41 Å². The van der Waals surface area contributed by atoms with Crippen molar-refractivity contribution in [2.75, 3.05) is 12.3 Å². The Morgan fingerprint density at radius 1 is 0.900 bits per heavy atom. The summed E-state index contributed by atoms with van der Waals surface area (Å²) in [6, 6.07) is 0. The second kappa shape index (κ2) is 35.1. The summed E-state index contributed by atoms with van der Waals surface area (Å²) in [6.45, 7) is 6.92. The van der Waals surface area contributed by atoms with Crippen LogP contribution in [0.15, 0.2) is 25.3 Å². The summed E-state index contributed by atoms with van der Waals surface area (Å²) >= 11 is 0. The van der Waals surface area contributed by atoms with E-state index in [2.05, 4.69) is 31.6 Å². The van der Waals surface area contributed by atoms with Gasteiger partial charge in [0.25, 0.3) is 0 Å². The molecule has 0 heterocycles. The zero-order valence-electron chi connectivity index (χ0n) is 5.95. The fourth-order valence-electron chi connectivity index (χ4n) is 0. The van der Waals surface area contributed by atoms with Gasteiger partial charge in [-0.25, -0.2) is 0 Å². The van der Waals surface area contributed by atoms with E-state index in [1.807, 2.05) is 12.2 Å². The van der Waals surface area contributed by atoms with Crippen molar-refractivity contribution >= 4 is 18.5 Å². The van der Waals surface area contributed by atoms with Crippen LogP contribution in [-0.2, 0) is 0 Å². The quantitative estimate of drug-likeness (QED) is 0.461. The van der Waals surface area contributed by atoms with E-state index in [9.17, 15) is 0 Å². The molecule has 0 radical (unpaired) electrons. The van der Waals surface area contributed by atoms with E-state index >= 15 is 0 Å². The molecule has 10 heavy (non-hydrogen) atoms. The molecule has 0 spiro atoms. The molecule has 0 bridgehead atoms. The highest BCUT2D eigenvalue weighted by molar-refractivity contribution is 7.16. The van der Waals surface area contributed by atoms with E-state index in [1.54, 1.807) is 0 Å². The third kappa shape index (κ3) is 87.8. The van der Waals surface area contributed by atoms with Crippen LogP contribution in [0.3, 0.4) is 0 Å². The normalized spacial score (nSPS) is 5.00. The van der Waals surface area contributed by atoms with E-state index in [4.69, 9.17) is 0 Å². The van der Waals surface area contributed by atoms with Gasteiger partial charge in [-0.1, -0.05) is 12.2 Å². The molecule has 64 valence electrons. The van der Waals surface area contributed by atoms with Gasteiger partial charge in [0.05, 0.1) is 0 Å². The Kier molecular flexibility index (Phi) is 78.8. The molecule has 0 aromatic heterocycles. The lowest BCUT2D eigenvalue weighted by atomic mass is 10.8. The minimum absolute atomic E-state index is 0. The van der Waals surface area contributed by atoms with Crippen molar-refractivity contribution < 1.29 is 9.41 Å². The van der Waals surface area contributed by atoms with Crippen LogP contribution in [0.5, 0.6) is 0 Å². The number of hydrogen-bond donors (Lipinski definition) is 0. The van der Waals surface area contributed by atoms with E-state index in [-0.39, 0.29) is 9.41 Å². The highest BCUT2D eigenvalue weighted by Crippen LogP contribution is 1.74. The summed E-state index contributed by atoms with van der Waals surface area (Å²) in [4.78, 5) is 0. The Morgan fingerprint density at radius 3 is 1.00 bits per heavy atom. The smallest absolute Gasteiger partial charge is 0.0203 e. The second-order valence-corrected chi connectivity index (χ2v) is 1.99. The molecule has 0 aromatic carbocycles. The zero-order chi connectivity index (χ0) is 6.83. The largest absolute Gasteiger partial charge is 0.269 e. The summed E-state index contributed by atoms with van der Waals surface area (Å²) in [5, 5.41) is 0. The Bertz CT molecular complexity index is 49.7. The van der Waals surface area contributed by atoms with Crippen LogP contribution in [0.25, 0.3) is 0 Å². The van der Waals surface area contributed by atoms with Gasteiger partial charge in [0.1, 0.15) is 0 Å². The fraction of sp³-hybridized carbons (Fsp3) is 0.333. The van der Waals surface area contributed by atoms with Gasteiger partial charge in [-0.05, 0) is 12.3 Å². The maximum atomic E-state index is 3.46. The van der Waals surface area contributed by atoms with Crippen LogP contribution in [0, 0.1) is 0 Å². The first-order chi connectivity index (χ1) is 3.83. The summed E-state index contributed by atoms with van der Waals surface area (Å²) in [5.74, 6) is 0. The van der Waals surface area contributed by atoms with Crippen LogP contribution in [0.2, 0.25) is 0 Å². The molecule has 0 rings (SSSR count). The van der Waals surface area contributed by atoms with E-state index in [0.717, 1.165) is 12.3 Å². The molecule has 0 saturated carbocycles. The van der Waals surface area contributed by atoms with Crippen LogP contribution < -0.4 is 0 Å². The van der Waals surface area contributed by atoms with Crippen LogP contribution in [0.4, 0.5) is 9.41 Å². The van der Waals surface area contributed by atoms with Gasteiger partial charge in [0.15, 0.2) is 0 Å². The van der Waals surface area contributed by atoms with Crippen molar-refractivity contribution in [1.29, 1.82) is 0 Å². The molecule has 2 unspecified atom stereocenters. The summed E-state index contributed by atoms with van der Waals surface area (Å²) in [6.07, 6.45) is 5.68. The minimum Gasteiger partial charge on any atom is -0.269 e. The van der Waals surface area contributed by atoms with Gasteiger partial charge < -0.3 is 0 Å². The lowest BCUT2D eigenvalue weighted by Crippen LogP contribution is -1.43. The topological polar surface area (TPSA) is 0 Å². The Balaban J connectivity index is -0.0000000300. The van der Waals surface area contributed by atoms with Crippen LogP contribution >= 0.6 is 18.5 Å². The summed E-state index contributed by atoms with van der Waals surface area (Å²) in [5.41, 5.74) is 0. The van der Waals surface area contributed by atoms with Gasteiger partial charge >= 0.3 is 0 Å². The molecule has 0 fully saturated rings. The molecule has 4 heteroatoms. The number of hydrogen-bond acceptors (Lipinski definition) is 0. The highest BCUT2D eigenvalue weighted by atomic mass is 31.0. The molecular formula is C6H16F2P2. The molecule has 0 amide bonds. The predicted octanol–water partition coefficient (Wildman–Crippen LogP) is 2.40. The Hall–Kier alpha value is 0.200. The first-order valence-corrected chi connectivity index (χ1v) is 4.08. The number of allylic oxidation sites excluding steroid dienone is 2. The van der Waals surface area contributed by atoms with Crippen molar-refractivity contribution in [1.82, 2.24) is 0 Å². The van der Waals surface area contributed by atoms with Crippen molar-refractivity contribution in [3.63, 3.8) is 0 Å². The second-order valence-electron chi connectivity index (χ2n) is 1.05. The summed E-state index contributed by atoms with van der Waals surface area (Å²) < 4.78 is 0. The monoisotopic (exact) mass is 188 g/mol. The van der Waals surface area contributed by atoms with E-state index < -0.39 is 0 Å². The third-order valence-corrected chi connectivity index (χ3v) is 1.00. The lowest BCUT2D eigenvalue weighted by molar-refractivity contribution is 1.11. The maximum Gasteiger partial charge on any atom is -0.0203 e. The summed E-state index contributed by atoms with van der Waals surface area (Å²) in [7, 11) is 5.07. The van der Waals surface area contributed by atoms with Crippen molar-refractivity contribution in [2.45, 2.75) is 0 Å². The van der Waals surface area contributed by atoms with Crippen molar-refractivity contribution in [3.8, 4) is 0 Å². The standard InChI is InChI=1S/2C3H7P.2FH/c2*1-2-3-4;;/h2*2H,1,3-4H2;2*1H. The predicted molar refractivity (Wildman–Crippen MR) is 54.6 cm³/mol. The van der Waals surface area contributed by atoms with E-state index in [1.165, 1.54) is 0 Å². The molecule has 0 aliphatic carbocycles. The van der Waals surface area contributed by atoms with Crippen molar-refractivity contribution in [2.24, 2.45) is 0 Å². The first kappa shape index (κ1) is 22.5. The number of rotatable bonds is 2. The molecular weight excluding hydrogens is 172 g/mol. The molecule has 0 nitrogen and oxygen atoms in total. The van der Waals surface area contributed by atoms with Gasteiger partial charge in [-0.15, -0.1) is 31.6 Å². The maximum absolute atomic E-state index is 3.46. The Morgan fingerprint density at radius 2 is 1.00 bits per heavy atom. The van der Waals surface area contributed by atoms with Gasteiger partial charge in [0, 0.05) is 0 Å². The van der Waals surface area contributed by atoms with Crippen molar-refractivity contribution in [3.05, 3.63) is 25.3 Å². The molecule has 0 aliphatic rings. The average Bonchev–Trinajstić information content (AvgIpc) is 1.88. The number of halogens is 2. The molecule has 0 N–H and O–H groups in total. The SMILES string of the molecule is C=CCP.C=CCP.F.F. The third-order valence-electron chi connectivity index (χ3n) is 0.333. The van der Waals surface area contributed by atoms with E-state index in [0.29, 0.717) is 0 Å². The first-order valence-electron chi connectivity index (χ1n) is 2.45. The zero-order valence-corrected chi connectivity index (χ0v) is 8.26. The molecule has 0 saturated heterocycles. The molecule has 2 atom stereocenters. The molecule has 0 aromatic rings. The minimum atomic E-state index is 0. The Labute approximate surface area is 66.3 Å². The van der Waals surface area contributed by atoms with Gasteiger partial charge in [-0.2, -0.15) is 0 Å². The highest BCUT2D eigenvalue weighted by Gasteiger charge is 1.45.